The van der Waals surface area contributed by atoms with Gasteiger partial charge >= 0.3 is 0 Å². The van der Waals surface area contributed by atoms with Crippen LogP contribution in [0.2, 0.25) is 0 Å². The number of rotatable bonds is 4. The molecule has 2 nitrogen and oxygen atoms in total. The van der Waals surface area contributed by atoms with Crippen molar-refractivity contribution in [2.24, 2.45) is 4.99 Å². The molecule has 12 heavy (non-hydrogen) atoms. The molecule has 0 radical (unpaired) electrons. The number of unbranched alkanes of at least 4 members (excludes halogenated alkanes) is 2. The second kappa shape index (κ2) is 5.46. The van der Waals surface area contributed by atoms with Crippen LogP contribution in [0.25, 0.3) is 0 Å². The van der Waals surface area contributed by atoms with Gasteiger partial charge in [-0.1, -0.05) is 31.5 Å². The molecule has 1 aliphatic rings. The van der Waals surface area contributed by atoms with E-state index < -0.39 is 0 Å². The number of hydrogen-bond acceptors (Lipinski definition) is 3. The Morgan fingerprint density at radius 3 is 3.00 bits per heavy atom. The molecule has 0 atom stereocenters. The summed E-state index contributed by atoms with van der Waals surface area (Å²) >= 11 is 1.77. The fourth-order valence-electron chi connectivity index (χ4n) is 1.42. The lowest BCUT2D eigenvalue weighted by atomic mass is 10.2. The van der Waals surface area contributed by atoms with Crippen LogP contribution >= 0.6 is 11.8 Å². The molecule has 0 aromatic carbocycles. The third-order valence-corrected chi connectivity index (χ3v) is 2.85. The van der Waals surface area contributed by atoms with Gasteiger partial charge in [-0.25, -0.2) is 0 Å². The van der Waals surface area contributed by atoms with Gasteiger partial charge in [0.1, 0.15) is 0 Å². The minimum atomic E-state index is 1.00. The molecular formula is C9H18N2S. The Hall–Kier alpha value is -0.180. The summed E-state index contributed by atoms with van der Waals surface area (Å²) in [5.74, 6) is 0. The summed E-state index contributed by atoms with van der Waals surface area (Å²) in [5, 5.41) is 1.24. The van der Waals surface area contributed by atoms with Gasteiger partial charge in [0.2, 0.25) is 0 Å². The minimum Gasteiger partial charge on any atom is -0.350 e. The fraction of sp³-hybridized carbons (Fsp3) is 0.889. The van der Waals surface area contributed by atoms with Crippen LogP contribution in [0.3, 0.4) is 0 Å². The molecule has 1 aliphatic heterocycles. The van der Waals surface area contributed by atoms with Gasteiger partial charge < -0.3 is 4.90 Å². The lowest BCUT2D eigenvalue weighted by Crippen LogP contribution is -2.26. The van der Waals surface area contributed by atoms with E-state index in [1.165, 1.54) is 31.0 Å². The van der Waals surface area contributed by atoms with Gasteiger partial charge in [-0.05, 0) is 12.7 Å². The normalized spacial score (nSPS) is 16.8. The largest absolute Gasteiger partial charge is 0.350 e. The van der Waals surface area contributed by atoms with Crippen molar-refractivity contribution in [1.82, 2.24) is 4.90 Å². The maximum absolute atomic E-state index is 4.42. The number of thioether (sulfide) groups is 1. The highest BCUT2D eigenvalue weighted by molar-refractivity contribution is 8.13. The highest BCUT2D eigenvalue weighted by Crippen LogP contribution is 2.12. The molecule has 70 valence electrons. The quantitative estimate of drug-likeness (QED) is 0.626. The van der Waals surface area contributed by atoms with Crippen molar-refractivity contribution in [3.05, 3.63) is 0 Å². The topological polar surface area (TPSA) is 15.6 Å². The molecule has 0 aliphatic carbocycles. The molecule has 1 rings (SSSR count). The fourth-order valence-corrected chi connectivity index (χ4v) is 2.08. The Bertz CT molecular complexity index is 157. The van der Waals surface area contributed by atoms with Gasteiger partial charge in [-0.15, -0.1) is 0 Å². The molecule has 0 unspecified atom stereocenters. The lowest BCUT2D eigenvalue weighted by Gasteiger charge is -2.18. The zero-order chi connectivity index (χ0) is 8.81. The highest BCUT2D eigenvalue weighted by Gasteiger charge is 2.14. The summed E-state index contributed by atoms with van der Waals surface area (Å²) in [6.07, 6.45) is 6.07. The Kier molecular flexibility index (Phi) is 4.51. The number of aliphatic imine (C=N–C) groups is 1. The van der Waals surface area contributed by atoms with Gasteiger partial charge in [0.05, 0.1) is 6.54 Å². The standard InChI is InChI=1S/C9H18N2S/c1-3-4-5-7-11-8-6-10-9(11)12-2/h3-8H2,1-2H3. The molecule has 0 amide bonds. The van der Waals surface area contributed by atoms with Crippen LogP contribution in [-0.4, -0.2) is 36.0 Å². The second-order valence-corrected chi connectivity index (χ2v) is 3.84. The Balaban J connectivity index is 2.19. The van der Waals surface area contributed by atoms with Crippen LogP contribution < -0.4 is 0 Å². The monoisotopic (exact) mass is 186 g/mol. The minimum absolute atomic E-state index is 1.00. The van der Waals surface area contributed by atoms with Crippen molar-refractivity contribution in [2.75, 3.05) is 25.9 Å². The molecule has 3 heteroatoms. The zero-order valence-electron chi connectivity index (χ0n) is 8.05. The smallest absolute Gasteiger partial charge is 0.159 e. The predicted molar refractivity (Wildman–Crippen MR) is 56.9 cm³/mol. The van der Waals surface area contributed by atoms with Crippen LogP contribution in [0.1, 0.15) is 26.2 Å². The average molecular weight is 186 g/mol. The van der Waals surface area contributed by atoms with Gasteiger partial charge in [0.15, 0.2) is 5.17 Å². The van der Waals surface area contributed by atoms with E-state index in [9.17, 15) is 0 Å². The maximum Gasteiger partial charge on any atom is 0.159 e. The van der Waals surface area contributed by atoms with Crippen molar-refractivity contribution in [3.8, 4) is 0 Å². The molecule has 0 saturated carbocycles. The van der Waals surface area contributed by atoms with Crippen LogP contribution in [-0.2, 0) is 0 Å². The molecular weight excluding hydrogens is 168 g/mol. The maximum atomic E-state index is 4.42. The number of amidine groups is 1. The van der Waals surface area contributed by atoms with E-state index in [2.05, 4.69) is 23.1 Å². The molecule has 1 heterocycles. The summed E-state index contributed by atoms with van der Waals surface area (Å²) in [6.45, 7) is 5.59. The molecule has 0 saturated heterocycles. The first kappa shape index (κ1) is 9.90. The van der Waals surface area contributed by atoms with E-state index in [1.807, 2.05) is 0 Å². The van der Waals surface area contributed by atoms with Gasteiger partial charge in [-0.2, -0.15) is 0 Å². The number of hydrogen-bond donors (Lipinski definition) is 0. The molecule has 0 aromatic rings. The van der Waals surface area contributed by atoms with Crippen LogP contribution in [0.15, 0.2) is 4.99 Å². The highest BCUT2D eigenvalue weighted by atomic mass is 32.2. The Morgan fingerprint density at radius 1 is 1.50 bits per heavy atom. The molecule has 0 bridgehead atoms. The van der Waals surface area contributed by atoms with E-state index in [0.29, 0.717) is 0 Å². The third-order valence-electron chi connectivity index (χ3n) is 2.10. The first-order valence-electron chi connectivity index (χ1n) is 4.72. The van der Waals surface area contributed by atoms with E-state index >= 15 is 0 Å². The predicted octanol–water partition coefficient (Wildman–Crippen LogP) is 2.21. The van der Waals surface area contributed by atoms with Crippen molar-refractivity contribution in [2.45, 2.75) is 26.2 Å². The van der Waals surface area contributed by atoms with Crippen LogP contribution in [0, 0.1) is 0 Å². The zero-order valence-corrected chi connectivity index (χ0v) is 8.86. The van der Waals surface area contributed by atoms with E-state index in [-0.39, 0.29) is 0 Å². The van der Waals surface area contributed by atoms with Gasteiger partial charge in [0.25, 0.3) is 0 Å². The Labute approximate surface area is 79.4 Å². The molecule has 0 fully saturated rings. The average Bonchev–Trinajstić information content (AvgIpc) is 2.52. The van der Waals surface area contributed by atoms with Crippen molar-refractivity contribution < 1.29 is 0 Å². The SMILES string of the molecule is CCCCCN1CCN=C1SC. The van der Waals surface area contributed by atoms with E-state index in [1.54, 1.807) is 11.8 Å². The van der Waals surface area contributed by atoms with Crippen molar-refractivity contribution in [3.63, 3.8) is 0 Å². The van der Waals surface area contributed by atoms with Crippen molar-refractivity contribution in [1.29, 1.82) is 0 Å². The van der Waals surface area contributed by atoms with Crippen LogP contribution in [0.5, 0.6) is 0 Å². The lowest BCUT2D eigenvalue weighted by molar-refractivity contribution is 0.443. The van der Waals surface area contributed by atoms with Crippen molar-refractivity contribution >= 4 is 16.9 Å². The third kappa shape index (κ3) is 2.70. The summed E-state index contributed by atoms with van der Waals surface area (Å²) < 4.78 is 0. The van der Waals surface area contributed by atoms with E-state index in [4.69, 9.17) is 0 Å². The first-order valence-corrected chi connectivity index (χ1v) is 5.94. The van der Waals surface area contributed by atoms with E-state index in [0.717, 1.165) is 13.1 Å². The molecule has 0 spiro atoms. The van der Waals surface area contributed by atoms with Crippen LogP contribution in [0.4, 0.5) is 0 Å². The summed E-state index contributed by atoms with van der Waals surface area (Å²) in [4.78, 5) is 6.82. The molecule has 0 N–H and O–H groups in total. The number of nitrogens with zero attached hydrogens (tertiary/aromatic N) is 2. The molecule has 0 aromatic heterocycles. The Morgan fingerprint density at radius 2 is 2.33 bits per heavy atom. The first-order chi connectivity index (χ1) is 5.88. The summed E-state index contributed by atoms with van der Waals surface area (Å²) in [6, 6.07) is 0. The second-order valence-electron chi connectivity index (χ2n) is 3.06. The van der Waals surface area contributed by atoms with Gasteiger partial charge in [-0.3, -0.25) is 4.99 Å². The van der Waals surface area contributed by atoms with Gasteiger partial charge in [0, 0.05) is 13.1 Å². The summed E-state index contributed by atoms with van der Waals surface area (Å²) in [5.41, 5.74) is 0. The summed E-state index contributed by atoms with van der Waals surface area (Å²) in [7, 11) is 0.